The fourth-order valence-electron chi connectivity index (χ4n) is 1.33. The molecule has 0 aliphatic carbocycles. The minimum atomic E-state index is -1.60. The van der Waals surface area contributed by atoms with Crippen molar-refractivity contribution in [1.82, 2.24) is 0 Å². The Morgan fingerprint density at radius 1 is 1.29 bits per heavy atom. The highest BCUT2D eigenvalue weighted by Crippen LogP contribution is 2.29. The van der Waals surface area contributed by atoms with Gasteiger partial charge in [0.05, 0.1) is 10.0 Å². The van der Waals surface area contributed by atoms with E-state index in [-0.39, 0.29) is 10.5 Å². The van der Waals surface area contributed by atoms with Crippen LogP contribution in [0.15, 0.2) is 17.5 Å². The van der Waals surface area contributed by atoms with Crippen LogP contribution in [0.1, 0.15) is 0 Å². The zero-order chi connectivity index (χ0) is 10.3. The summed E-state index contributed by atoms with van der Waals surface area (Å²) in [6.07, 6.45) is 0. The number of halogens is 2. The van der Waals surface area contributed by atoms with Gasteiger partial charge in [-0.05, 0) is 22.9 Å². The van der Waals surface area contributed by atoms with Crippen LogP contribution in [0, 0.1) is 0 Å². The quantitative estimate of drug-likeness (QED) is 0.755. The van der Waals surface area contributed by atoms with Crippen LogP contribution >= 0.6 is 34.5 Å². The third-order valence-corrected chi connectivity index (χ3v) is 3.61. The van der Waals surface area contributed by atoms with Gasteiger partial charge >= 0.3 is 7.12 Å². The lowest BCUT2D eigenvalue weighted by molar-refractivity contribution is 0.426. The van der Waals surface area contributed by atoms with Gasteiger partial charge in [-0.25, -0.2) is 0 Å². The molecule has 0 amide bonds. The molecule has 0 radical (unpaired) electrons. The molecule has 1 heterocycles. The van der Waals surface area contributed by atoms with Crippen LogP contribution in [0.25, 0.3) is 10.1 Å². The van der Waals surface area contributed by atoms with E-state index in [1.807, 2.05) is 5.38 Å². The maximum Gasteiger partial charge on any atom is 0.490 e. The van der Waals surface area contributed by atoms with Gasteiger partial charge in [0, 0.05) is 10.2 Å². The summed E-state index contributed by atoms with van der Waals surface area (Å²) in [5.74, 6) is 0. The zero-order valence-corrected chi connectivity index (χ0v) is 9.20. The highest BCUT2D eigenvalue weighted by atomic mass is 35.5. The Balaban J connectivity index is 2.86. The Labute approximate surface area is 94.8 Å². The van der Waals surface area contributed by atoms with Crippen LogP contribution in [0.5, 0.6) is 0 Å². The summed E-state index contributed by atoms with van der Waals surface area (Å²) in [5.41, 5.74) is 0.274. The van der Waals surface area contributed by atoms with Gasteiger partial charge in [0.1, 0.15) is 0 Å². The number of rotatable bonds is 1. The molecule has 14 heavy (non-hydrogen) atoms. The van der Waals surface area contributed by atoms with Gasteiger partial charge in [0.2, 0.25) is 0 Å². The molecule has 0 fully saturated rings. The van der Waals surface area contributed by atoms with E-state index >= 15 is 0 Å². The number of fused-ring (bicyclic) bond motifs is 1. The molecule has 0 aliphatic heterocycles. The molecule has 1 aromatic carbocycles. The first-order valence-electron chi connectivity index (χ1n) is 3.82. The van der Waals surface area contributed by atoms with Crippen LogP contribution in [0.3, 0.4) is 0 Å². The minimum Gasteiger partial charge on any atom is -0.423 e. The molecule has 0 spiro atoms. The summed E-state index contributed by atoms with van der Waals surface area (Å²) in [7, 11) is -1.60. The average Bonchev–Trinajstić information content (AvgIpc) is 2.52. The van der Waals surface area contributed by atoms with E-state index in [0.717, 1.165) is 10.1 Å². The Hall–Kier alpha value is -0.255. The Kier molecular flexibility index (Phi) is 2.73. The van der Waals surface area contributed by atoms with Crippen molar-refractivity contribution in [3.05, 3.63) is 27.6 Å². The lowest BCUT2D eigenvalue weighted by Gasteiger charge is -2.06. The van der Waals surface area contributed by atoms with Gasteiger partial charge in [-0.3, -0.25) is 0 Å². The molecular formula is C8H5BCl2O2S. The van der Waals surface area contributed by atoms with E-state index in [1.165, 1.54) is 11.3 Å². The topological polar surface area (TPSA) is 40.5 Å². The largest absolute Gasteiger partial charge is 0.490 e. The lowest BCUT2D eigenvalue weighted by atomic mass is 9.78. The second-order valence-electron chi connectivity index (χ2n) is 2.79. The number of thiophene rings is 1. The normalized spacial score (nSPS) is 10.9. The van der Waals surface area contributed by atoms with Gasteiger partial charge < -0.3 is 10.0 Å². The summed E-state index contributed by atoms with van der Waals surface area (Å²) >= 11 is 13.2. The summed E-state index contributed by atoms with van der Waals surface area (Å²) in [6.45, 7) is 0. The second-order valence-corrected chi connectivity index (χ2v) is 4.52. The van der Waals surface area contributed by atoms with E-state index in [9.17, 15) is 0 Å². The van der Waals surface area contributed by atoms with Crippen molar-refractivity contribution in [2.45, 2.75) is 0 Å². The monoisotopic (exact) mass is 246 g/mol. The molecule has 6 heteroatoms. The Morgan fingerprint density at radius 2 is 2.00 bits per heavy atom. The Bertz CT molecular complexity index is 483. The smallest absolute Gasteiger partial charge is 0.423 e. The van der Waals surface area contributed by atoms with E-state index in [1.54, 1.807) is 12.1 Å². The fourth-order valence-corrected chi connectivity index (χ4v) is 2.70. The molecule has 2 rings (SSSR count). The minimum absolute atomic E-state index is 0.201. The highest BCUT2D eigenvalue weighted by Gasteiger charge is 2.21. The van der Waals surface area contributed by atoms with E-state index in [0.29, 0.717) is 5.02 Å². The van der Waals surface area contributed by atoms with Gasteiger partial charge in [-0.1, -0.05) is 23.2 Å². The molecule has 72 valence electrons. The van der Waals surface area contributed by atoms with Gasteiger partial charge in [0.25, 0.3) is 0 Å². The van der Waals surface area contributed by atoms with Gasteiger partial charge in [-0.2, -0.15) is 0 Å². The third-order valence-electron chi connectivity index (χ3n) is 1.95. The van der Waals surface area contributed by atoms with Gasteiger partial charge in [-0.15, -0.1) is 11.3 Å². The third kappa shape index (κ3) is 1.53. The van der Waals surface area contributed by atoms with E-state index in [2.05, 4.69) is 0 Å². The molecule has 0 saturated carbocycles. The number of benzene rings is 1. The number of hydrogen-bond acceptors (Lipinski definition) is 3. The summed E-state index contributed by atoms with van der Waals surface area (Å²) < 4.78 is 0.891. The van der Waals surface area contributed by atoms with Crippen LogP contribution in [0.4, 0.5) is 0 Å². The zero-order valence-electron chi connectivity index (χ0n) is 6.87. The standard InChI is InChI=1S/C8H5BCl2O2S/c10-5-3-6-4(1-2-14-6)7(8(5)11)9(12)13/h1-3,12-13H. The van der Waals surface area contributed by atoms with Crippen molar-refractivity contribution in [3.8, 4) is 0 Å². The molecule has 2 aromatic rings. The fraction of sp³-hybridized carbons (Fsp3) is 0. The lowest BCUT2D eigenvalue weighted by Crippen LogP contribution is -2.31. The van der Waals surface area contributed by atoms with Gasteiger partial charge in [0.15, 0.2) is 0 Å². The van der Waals surface area contributed by atoms with Crippen LogP contribution in [0.2, 0.25) is 10.0 Å². The molecule has 0 unspecified atom stereocenters. The van der Waals surface area contributed by atoms with Crippen LogP contribution < -0.4 is 5.46 Å². The van der Waals surface area contributed by atoms with E-state index in [4.69, 9.17) is 33.2 Å². The van der Waals surface area contributed by atoms with Crippen molar-refractivity contribution in [2.75, 3.05) is 0 Å². The SMILES string of the molecule is OB(O)c1c(Cl)c(Cl)cc2sccc12. The molecule has 0 atom stereocenters. The van der Waals surface area contributed by atoms with Crippen molar-refractivity contribution in [2.24, 2.45) is 0 Å². The first-order chi connectivity index (χ1) is 6.61. The number of hydrogen-bond donors (Lipinski definition) is 2. The maximum atomic E-state index is 9.16. The van der Waals surface area contributed by atoms with Crippen LogP contribution in [-0.2, 0) is 0 Å². The van der Waals surface area contributed by atoms with E-state index < -0.39 is 7.12 Å². The molecular weight excluding hydrogens is 242 g/mol. The summed E-state index contributed by atoms with van der Waals surface area (Å²) in [4.78, 5) is 0. The van der Waals surface area contributed by atoms with Crippen LogP contribution in [-0.4, -0.2) is 17.2 Å². The van der Waals surface area contributed by atoms with Crippen molar-refractivity contribution < 1.29 is 10.0 Å². The predicted octanol–water partition coefficient (Wildman–Crippen LogP) is 1.89. The summed E-state index contributed by atoms with van der Waals surface area (Å²) in [6, 6.07) is 3.51. The molecule has 0 saturated heterocycles. The summed E-state index contributed by atoms with van der Waals surface area (Å²) in [5, 5.41) is 21.5. The Morgan fingerprint density at radius 3 is 2.64 bits per heavy atom. The molecule has 0 bridgehead atoms. The predicted molar refractivity (Wildman–Crippen MR) is 61.7 cm³/mol. The molecule has 2 N–H and O–H groups in total. The molecule has 0 aliphatic rings. The maximum absolute atomic E-state index is 9.16. The van der Waals surface area contributed by atoms with Crippen molar-refractivity contribution in [3.63, 3.8) is 0 Å². The highest BCUT2D eigenvalue weighted by molar-refractivity contribution is 7.17. The molecule has 2 nitrogen and oxygen atoms in total. The second kappa shape index (κ2) is 3.72. The van der Waals surface area contributed by atoms with Crippen molar-refractivity contribution in [1.29, 1.82) is 0 Å². The first kappa shape index (κ1) is 10.3. The first-order valence-corrected chi connectivity index (χ1v) is 5.46. The molecule has 1 aromatic heterocycles. The van der Waals surface area contributed by atoms with Crippen molar-refractivity contribution >= 4 is 57.2 Å². The average molecular weight is 247 g/mol.